The van der Waals surface area contributed by atoms with Crippen molar-refractivity contribution in [3.63, 3.8) is 0 Å². The summed E-state index contributed by atoms with van der Waals surface area (Å²) in [4.78, 5) is 28.1. The number of amides is 1. The molecule has 0 aliphatic carbocycles. The molecule has 0 saturated carbocycles. The van der Waals surface area contributed by atoms with E-state index in [1.54, 1.807) is 41.7 Å². The van der Waals surface area contributed by atoms with Gasteiger partial charge in [-0.25, -0.2) is 4.98 Å². The van der Waals surface area contributed by atoms with E-state index in [-0.39, 0.29) is 11.6 Å². The minimum Gasteiger partial charge on any atom is -0.456 e. The number of aryl methyl sites for hydroxylation is 1. The summed E-state index contributed by atoms with van der Waals surface area (Å²) >= 11 is 1.60. The van der Waals surface area contributed by atoms with Gasteiger partial charge in [0.15, 0.2) is 0 Å². The second kappa shape index (κ2) is 9.36. The third-order valence-electron chi connectivity index (χ3n) is 5.43. The van der Waals surface area contributed by atoms with Crippen molar-refractivity contribution in [1.29, 1.82) is 0 Å². The Morgan fingerprint density at radius 2 is 1.86 bits per heavy atom. The largest absolute Gasteiger partial charge is 0.456 e. The van der Waals surface area contributed by atoms with Gasteiger partial charge in [-0.3, -0.25) is 14.9 Å². The van der Waals surface area contributed by atoms with Crippen LogP contribution in [0.25, 0.3) is 38.2 Å². The maximum Gasteiger partial charge on any atom is 0.280 e. The third kappa shape index (κ3) is 4.73. The molecular weight excluding hydrogens is 462 g/mol. The number of aromatic nitrogens is 1. The lowest BCUT2D eigenvalue weighted by molar-refractivity contribution is -0.384. The zero-order valence-corrected chi connectivity index (χ0v) is 19.4. The van der Waals surface area contributed by atoms with E-state index < -0.39 is 4.92 Å². The maximum absolute atomic E-state index is 12.6. The Labute approximate surface area is 204 Å². The lowest BCUT2D eigenvalue weighted by Crippen LogP contribution is -2.09. The molecule has 0 bridgehead atoms. The first-order valence-electron chi connectivity index (χ1n) is 10.8. The van der Waals surface area contributed by atoms with Crippen LogP contribution in [0.1, 0.15) is 11.3 Å². The fourth-order valence-corrected chi connectivity index (χ4v) is 4.61. The number of anilines is 1. The molecule has 5 aromatic rings. The minimum atomic E-state index is -0.453. The molecule has 8 heteroatoms. The van der Waals surface area contributed by atoms with Crippen LogP contribution in [0, 0.1) is 17.0 Å². The quantitative estimate of drug-likeness (QED) is 0.159. The second-order valence-corrected chi connectivity index (χ2v) is 8.85. The molecule has 1 N–H and O–H groups in total. The van der Waals surface area contributed by atoms with E-state index in [1.807, 2.05) is 49.4 Å². The number of thiazole rings is 1. The van der Waals surface area contributed by atoms with Crippen LogP contribution in [0.4, 0.5) is 11.4 Å². The number of rotatable bonds is 6. The molecule has 0 unspecified atom stereocenters. The summed E-state index contributed by atoms with van der Waals surface area (Å²) in [6.07, 6.45) is 2.89. The summed E-state index contributed by atoms with van der Waals surface area (Å²) in [5.74, 6) is 0.447. The standard InChI is InChI=1S/C27H19N3O4S/c1-17-10-11-18(27-29-21-7-3-5-9-25(21)35-27)16-22(17)28-26(31)15-13-19-12-14-24(34-19)20-6-2-4-8-23(20)30(32)33/h2-16H,1H3,(H,28,31)/b15-13+. The summed E-state index contributed by atoms with van der Waals surface area (Å²) in [7, 11) is 0. The summed E-state index contributed by atoms with van der Waals surface area (Å²) in [6, 6.07) is 23.5. The Bertz CT molecular complexity index is 1570. The number of nitrogens with zero attached hydrogens (tertiary/aromatic N) is 2. The van der Waals surface area contributed by atoms with Gasteiger partial charge in [0.25, 0.3) is 5.69 Å². The van der Waals surface area contributed by atoms with E-state index in [4.69, 9.17) is 9.40 Å². The van der Waals surface area contributed by atoms with Crippen molar-refractivity contribution in [2.45, 2.75) is 6.92 Å². The van der Waals surface area contributed by atoms with Crippen LogP contribution in [0.5, 0.6) is 0 Å². The highest BCUT2D eigenvalue weighted by Crippen LogP contribution is 2.33. The molecule has 5 rings (SSSR count). The van der Waals surface area contributed by atoms with Crippen molar-refractivity contribution >= 4 is 44.9 Å². The van der Waals surface area contributed by atoms with Crippen molar-refractivity contribution in [1.82, 2.24) is 4.98 Å². The predicted molar refractivity (Wildman–Crippen MR) is 138 cm³/mol. The molecule has 0 aliphatic rings. The van der Waals surface area contributed by atoms with Gasteiger partial charge in [0.2, 0.25) is 5.91 Å². The monoisotopic (exact) mass is 481 g/mol. The molecule has 0 fully saturated rings. The molecule has 2 aromatic heterocycles. The molecule has 1 amide bonds. The van der Waals surface area contributed by atoms with E-state index in [2.05, 4.69) is 5.32 Å². The highest BCUT2D eigenvalue weighted by atomic mass is 32.1. The fraction of sp³-hybridized carbons (Fsp3) is 0.0370. The Kier molecular flexibility index (Phi) is 5.95. The molecule has 0 atom stereocenters. The first kappa shape index (κ1) is 22.2. The van der Waals surface area contributed by atoms with Gasteiger partial charge in [-0.15, -0.1) is 11.3 Å². The number of nitro benzene ring substituents is 1. The molecule has 0 spiro atoms. The predicted octanol–water partition coefficient (Wildman–Crippen LogP) is 7.09. The van der Waals surface area contributed by atoms with Crippen LogP contribution in [0.15, 0.2) is 89.4 Å². The van der Waals surface area contributed by atoms with Gasteiger partial charge in [0.05, 0.1) is 20.7 Å². The van der Waals surface area contributed by atoms with Crippen molar-refractivity contribution in [3.8, 4) is 21.9 Å². The number of hydrogen-bond acceptors (Lipinski definition) is 6. The highest BCUT2D eigenvalue weighted by Gasteiger charge is 2.17. The lowest BCUT2D eigenvalue weighted by Gasteiger charge is -2.08. The Morgan fingerprint density at radius 3 is 2.69 bits per heavy atom. The van der Waals surface area contributed by atoms with E-state index >= 15 is 0 Å². The molecule has 35 heavy (non-hydrogen) atoms. The number of carbonyl (C=O) groups is 1. The number of hydrogen-bond donors (Lipinski definition) is 1. The molecule has 172 valence electrons. The third-order valence-corrected chi connectivity index (χ3v) is 6.51. The zero-order valence-electron chi connectivity index (χ0n) is 18.6. The minimum absolute atomic E-state index is 0.0430. The van der Waals surface area contributed by atoms with E-state index in [9.17, 15) is 14.9 Å². The summed E-state index contributed by atoms with van der Waals surface area (Å²) in [6.45, 7) is 1.92. The molecule has 0 saturated heterocycles. The molecule has 7 nitrogen and oxygen atoms in total. The second-order valence-electron chi connectivity index (χ2n) is 7.82. The lowest BCUT2D eigenvalue weighted by atomic mass is 10.1. The average molecular weight is 482 g/mol. The van der Waals surface area contributed by atoms with Gasteiger partial charge in [-0.05, 0) is 55.0 Å². The number of carbonyl (C=O) groups excluding carboxylic acids is 1. The zero-order chi connectivity index (χ0) is 24.4. The van der Waals surface area contributed by atoms with Gasteiger partial charge in [0, 0.05) is 23.4 Å². The molecule has 0 aliphatic heterocycles. The van der Waals surface area contributed by atoms with E-state index in [0.717, 1.165) is 26.4 Å². The smallest absolute Gasteiger partial charge is 0.280 e. The first-order chi connectivity index (χ1) is 17.0. The van der Waals surface area contributed by atoms with Gasteiger partial charge < -0.3 is 9.73 Å². The normalized spacial score (nSPS) is 11.2. The Balaban J connectivity index is 1.32. The number of fused-ring (bicyclic) bond motifs is 1. The summed E-state index contributed by atoms with van der Waals surface area (Å²) in [5.41, 5.74) is 3.82. The van der Waals surface area contributed by atoms with Crippen LogP contribution < -0.4 is 5.32 Å². The summed E-state index contributed by atoms with van der Waals surface area (Å²) in [5, 5.41) is 15.1. The fourth-order valence-electron chi connectivity index (χ4n) is 3.65. The number of para-hydroxylation sites is 2. The number of nitrogens with one attached hydrogen (secondary N) is 1. The van der Waals surface area contributed by atoms with E-state index in [0.29, 0.717) is 22.8 Å². The molecule has 2 heterocycles. The first-order valence-corrected chi connectivity index (χ1v) is 11.6. The number of nitro groups is 1. The van der Waals surface area contributed by atoms with Crippen molar-refractivity contribution in [2.75, 3.05) is 5.32 Å². The Morgan fingerprint density at radius 1 is 1.06 bits per heavy atom. The van der Waals surface area contributed by atoms with Crippen LogP contribution in [0.2, 0.25) is 0 Å². The van der Waals surface area contributed by atoms with Gasteiger partial charge in [-0.2, -0.15) is 0 Å². The maximum atomic E-state index is 12.6. The summed E-state index contributed by atoms with van der Waals surface area (Å²) < 4.78 is 6.82. The van der Waals surface area contributed by atoms with Crippen LogP contribution in [-0.4, -0.2) is 15.8 Å². The van der Waals surface area contributed by atoms with Crippen molar-refractivity contribution in [3.05, 3.63) is 106 Å². The molecular formula is C27H19N3O4S. The van der Waals surface area contributed by atoms with Crippen LogP contribution in [0.3, 0.4) is 0 Å². The molecule has 0 radical (unpaired) electrons. The van der Waals surface area contributed by atoms with Gasteiger partial charge >= 0.3 is 0 Å². The van der Waals surface area contributed by atoms with Crippen LogP contribution in [-0.2, 0) is 4.79 Å². The average Bonchev–Trinajstić information content (AvgIpc) is 3.51. The Hall–Kier alpha value is -4.56. The number of furan rings is 1. The SMILES string of the molecule is Cc1ccc(-c2nc3ccccc3s2)cc1NC(=O)/C=C/c1ccc(-c2ccccc2[N+](=O)[O-])o1. The number of benzene rings is 3. The van der Waals surface area contributed by atoms with Gasteiger partial charge in [-0.1, -0.05) is 36.4 Å². The topological polar surface area (TPSA) is 98.3 Å². The van der Waals surface area contributed by atoms with Crippen molar-refractivity contribution < 1.29 is 14.1 Å². The van der Waals surface area contributed by atoms with Crippen molar-refractivity contribution in [2.24, 2.45) is 0 Å². The molecule has 3 aromatic carbocycles. The van der Waals surface area contributed by atoms with Gasteiger partial charge in [0.1, 0.15) is 16.5 Å². The van der Waals surface area contributed by atoms with E-state index in [1.165, 1.54) is 18.2 Å². The highest BCUT2D eigenvalue weighted by molar-refractivity contribution is 7.21. The van der Waals surface area contributed by atoms with Crippen LogP contribution >= 0.6 is 11.3 Å².